The highest BCUT2D eigenvalue weighted by molar-refractivity contribution is 9.10. The standard InChI is InChI=1S/C25H22BrN3O4/c1-16-6-8-18(9-7-16)25(32)33-22-11-10-21(26)13-20(22)14-28-29-23(30)15-27-24(31)19-5-3-4-17(2)12-19/h3-14H,15H2,1-2H3,(H,27,31)(H,29,30)/b28-14+. The zero-order valence-corrected chi connectivity index (χ0v) is 19.7. The molecule has 0 aliphatic rings. The Labute approximate surface area is 200 Å². The van der Waals surface area contributed by atoms with Gasteiger partial charge in [-0.05, 0) is 56.3 Å². The second kappa shape index (κ2) is 11.2. The summed E-state index contributed by atoms with van der Waals surface area (Å²) in [5.74, 6) is -1.07. The maximum Gasteiger partial charge on any atom is 0.343 e. The van der Waals surface area contributed by atoms with E-state index in [0.717, 1.165) is 15.6 Å². The molecule has 0 unspecified atom stereocenters. The monoisotopic (exact) mass is 507 g/mol. The number of esters is 1. The van der Waals surface area contributed by atoms with Crippen molar-refractivity contribution < 1.29 is 19.1 Å². The third-order valence-corrected chi connectivity index (χ3v) is 5.04. The molecular weight excluding hydrogens is 486 g/mol. The lowest BCUT2D eigenvalue weighted by atomic mass is 10.1. The summed E-state index contributed by atoms with van der Waals surface area (Å²) in [5, 5.41) is 6.45. The molecule has 3 aromatic carbocycles. The molecule has 3 aromatic rings. The van der Waals surface area contributed by atoms with Crippen molar-refractivity contribution in [2.45, 2.75) is 13.8 Å². The number of ether oxygens (including phenoxy) is 1. The summed E-state index contributed by atoms with van der Waals surface area (Å²) in [6, 6.07) is 19.2. The number of hydrogen-bond acceptors (Lipinski definition) is 5. The molecule has 2 N–H and O–H groups in total. The van der Waals surface area contributed by atoms with Gasteiger partial charge in [-0.2, -0.15) is 5.10 Å². The Kier molecular flexibility index (Phi) is 8.10. The number of nitrogens with one attached hydrogen (secondary N) is 2. The molecule has 7 nitrogen and oxygen atoms in total. The quantitative estimate of drug-likeness (QED) is 0.217. The van der Waals surface area contributed by atoms with Crippen molar-refractivity contribution in [2.24, 2.45) is 5.10 Å². The van der Waals surface area contributed by atoms with Crippen LogP contribution in [-0.4, -0.2) is 30.5 Å². The van der Waals surface area contributed by atoms with Crippen LogP contribution in [0.5, 0.6) is 5.75 Å². The highest BCUT2D eigenvalue weighted by Crippen LogP contribution is 2.23. The zero-order chi connectivity index (χ0) is 23.8. The predicted molar refractivity (Wildman–Crippen MR) is 130 cm³/mol. The summed E-state index contributed by atoms with van der Waals surface area (Å²) in [5.41, 5.74) is 5.71. The molecule has 0 aromatic heterocycles. The fourth-order valence-electron chi connectivity index (χ4n) is 2.82. The van der Waals surface area contributed by atoms with Gasteiger partial charge in [0.1, 0.15) is 5.75 Å². The van der Waals surface area contributed by atoms with Gasteiger partial charge in [0, 0.05) is 15.6 Å². The first-order valence-electron chi connectivity index (χ1n) is 10.1. The van der Waals surface area contributed by atoms with E-state index in [1.807, 2.05) is 32.0 Å². The Balaban J connectivity index is 1.59. The lowest BCUT2D eigenvalue weighted by Gasteiger charge is -2.08. The van der Waals surface area contributed by atoms with Crippen LogP contribution in [-0.2, 0) is 4.79 Å². The maximum absolute atomic E-state index is 12.4. The van der Waals surface area contributed by atoms with Crippen LogP contribution in [0, 0.1) is 13.8 Å². The van der Waals surface area contributed by atoms with Crippen LogP contribution in [0.1, 0.15) is 37.4 Å². The molecule has 33 heavy (non-hydrogen) atoms. The van der Waals surface area contributed by atoms with E-state index >= 15 is 0 Å². The smallest absolute Gasteiger partial charge is 0.343 e. The van der Waals surface area contributed by atoms with Gasteiger partial charge in [0.2, 0.25) is 0 Å². The van der Waals surface area contributed by atoms with Crippen LogP contribution in [0.4, 0.5) is 0 Å². The summed E-state index contributed by atoms with van der Waals surface area (Å²) in [4.78, 5) is 36.6. The van der Waals surface area contributed by atoms with Crippen LogP contribution in [0.2, 0.25) is 0 Å². The fraction of sp³-hybridized carbons (Fsp3) is 0.120. The summed E-state index contributed by atoms with van der Waals surface area (Å²) < 4.78 is 6.25. The molecule has 0 bridgehead atoms. The molecule has 0 saturated heterocycles. The summed E-state index contributed by atoms with van der Waals surface area (Å²) >= 11 is 3.37. The normalized spacial score (nSPS) is 10.6. The van der Waals surface area contributed by atoms with Crippen molar-refractivity contribution in [3.8, 4) is 5.75 Å². The van der Waals surface area contributed by atoms with Crippen LogP contribution < -0.4 is 15.5 Å². The number of aryl methyl sites for hydroxylation is 2. The van der Waals surface area contributed by atoms with Gasteiger partial charge in [0.25, 0.3) is 11.8 Å². The summed E-state index contributed by atoms with van der Waals surface area (Å²) in [7, 11) is 0. The van der Waals surface area contributed by atoms with Gasteiger partial charge >= 0.3 is 5.97 Å². The molecule has 0 heterocycles. The Bertz CT molecular complexity index is 1210. The molecule has 3 rings (SSSR count). The van der Waals surface area contributed by atoms with E-state index in [4.69, 9.17) is 4.74 Å². The third kappa shape index (κ3) is 7.11. The minimum atomic E-state index is -0.505. The van der Waals surface area contributed by atoms with E-state index in [2.05, 4.69) is 31.8 Å². The number of hydrazone groups is 1. The van der Waals surface area contributed by atoms with Crippen LogP contribution >= 0.6 is 15.9 Å². The first-order valence-corrected chi connectivity index (χ1v) is 10.9. The highest BCUT2D eigenvalue weighted by Gasteiger charge is 2.12. The van der Waals surface area contributed by atoms with Crippen LogP contribution in [0.15, 0.2) is 76.3 Å². The van der Waals surface area contributed by atoms with Crippen molar-refractivity contribution >= 4 is 39.9 Å². The van der Waals surface area contributed by atoms with Crippen LogP contribution in [0.3, 0.4) is 0 Å². The molecule has 0 radical (unpaired) electrons. The lowest BCUT2D eigenvalue weighted by Crippen LogP contribution is -2.34. The first kappa shape index (κ1) is 23.9. The van der Waals surface area contributed by atoms with Crippen molar-refractivity contribution in [1.82, 2.24) is 10.7 Å². The minimum absolute atomic E-state index is 0.238. The van der Waals surface area contributed by atoms with Gasteiger partial charge < -0.3 is 10.1 Å². The Morgan fingerprint density at radius 2 is 1.70 bits per heavy atom. The molecular formula is C25H22BrN3O4. The van der Waals surface area contributed by atoms with Crippen molar-refractivity contribution in [3.63, 3.8) is 0 Å². The second-order valence-electron chi connectivity index (χ2n) is 7.28. The molecule has 168 valence electrons. The number of benzene rings is 3. The van der Waals surface area contributed by atoms with Gasteiger partial charge in [-0.3, -0.25) is 9.59 Å². The van der Waals surface area contributed by atoms with E-state index < -0.39 is 11.9 Å². The Hall–Kier alpha value is -3.78. The molecule has 0 spiro atoms. The SMILES string of the molecule is Cc1ccc(C(=O)Oc2ccc(Br)cc2/C=N/NC(=O)CNC(=O)c2cccc(C)c2)cc1. The number of hydrogen-bond donors (Lipinski definition) is 2. The van der Waals surface area contributed by atoms with Crippen molar-refractivity contribution in [2.75, 3.05) is 6.54 Å². The Morgan fingerprint density at radius 3 is 2.42 bits per heavy atom. The fourth-order valence-corrected chi connectivity index (χ4v) is 3.20. The second-order valence-corrected chi connectivity index (χ2v) is 8.20. The molecule has 0 atom stereocenters. The number of carbonyl (C=O) groups excluding carboxylic acids is 3. The van der Waals surface area contributed by atoms with Gasteiger partial charge in [0.05, 0.1) is 18.3 Å². The van der Waals surface area contributed by atoms with Crippen molar-refractivity contribution in [3.05, 3.63) is 99.0 Å². The van der Waals surface area contributed by atoms with E-state index in [1.165, 1.54) is 6.21 Å². The number of halogens is 1. The topological polar surface area (TPSA) is 96.9 Å². The number of rotatable bonds is 7. The zero-order valence-electron chi connectivity index (χ0n) is 18.1. The summed E-state index contributed by atoms with van der Waals surface area (Å²) in [6.45, 7) is 3.57. The van der Waals surface area contributed by atoms with E-state index in [0.29, 0.717) is 16.7 Å². The maximum atomic E-state index is 12.4. The molecule has 0 aliphatic carbocycles. The average molecular weight is 508 g/mol. The Morgan fingerprint density at radius 1 is 0.939 bits per heavy atom. The minimum Gasteiger partial charge on any atom is -0.422 e. The van der Waals surface area contributed by atoms with Crippen molar-refractivity contribution in [1.29, 1.82) is 0 Å². The number of nitrogens with zero attached hydrogens (tertiary/aromatic N) is 1. The van der Waals surface area contributed by atoms with Gasteiger partial charge in [-0.25, -0.2) is 10.2 Å². The molecule has 0 saturated carbocycles. The van der Waals surface area contributed by atoms with Crippen LogP contribution in [0.25, 0.3) is 0 Å². The predicted octanol–water partition coefficient (Wildman–Crippen LogP) is 4.17. The molecule has 2 amide bonds. The number of amides is 2. The number of carbonyl (C=O) groups is 3. The molecule has 0 aliphatic heterocycles. The molecule has 0 fully saturated rings. The van der Waals surface area contributed by atoms with Gasteiger partial charge in [0.15, 0.2) is 0 Å². The summed E-state index contributed by atoms with van der Waals surface area (Å²) in [6.07, 6.45) is 1.36. The first-order chi connectivity index (χ1) is 15.8. The van der Waals surface area contributed by atoms with Gasteiger partial charge in [-0.1, -0.05) is 51.3 Å². The van der Waals surface area contributed by atoms with E-state index in [1.54, 1.807) is 48.5 Å². The third-order valence-electron chi connectivity index (χ3n) is 4.54. The lowest BCUT2D eigenvalue weighted by molar-refractivity contribution is -0.120. The largest absolute Gasteiger partial charge is 0.422 e. The molecule has 8 heteroatoms. The average Bonchev–Trinajstić information content (AvgIpc) is 2.79. The van der Waals surface area contributed by atoms with Gasteiger partial charge in [-0.15, -0.1) is 0 Å². The highest BCUT2D eigenvalue weighted by atomic mass is 79.9. The van der Waals surface area contributed by atoms with E-state index in [-0.39, 0.29) is 18.2 Å². The van der Waals surface area contributed by atoms with E-state index in [9.17, 15) is 14.4 Å².